The van der Waals surface area contributed by atoms with Crippen LogP contribution in [-0.4, -0.2) is 15.7 Å². The van der Waals surface area contributed by atoms with Gasteiger partial charge in [-0.2, -0.15) is 0 Å². The summed E-state index contributed by atoms with van der Waals surface area (Å²) in [5.41, 5.74) is 2.42. The van der Waals surface area contributed by atoms with Gasteiger partial charge in [0.25, 0.3) is 0 Å². The molecule has 0 bridgehead atoms. The molecule has 0 radical (unpaired) electrons. The molecule has 0 aromatic carbocycles. The van der Waals surface area contributed by atoms with Crippen LogP contribution in [-0.2, 0) is 6.42 Å². The van der Waals surface area contributed by atoms with Crippen molar-refractivity contribution in [1.82, 2.24) is 4.98 Å². The second-order valence-corrected chi connectivity index (χ2v) is 7.26. The van der Waals surface area contributed by atoms with E-state index >= 15 is 0 Å². The molecule has 1 unspecified atom stereocenters. The highest BCUT2D eigenvalue weighted by Crippen LogP contribution is 2.49. The zero-order chi connectivity index (χ0) is 13.5. The minimum atomic E-state index is -0.515. The third-order valence-corrected chi connectivity index (χ3v) is 5.31. The van der Waals surface area contributed by atoms with Crippen molar-refractivity contribution in [2.45, 2.75) is 70.3 Å². The van der Waals surface area contributed by atoms with Crippen molar-refractivity contribution in [3.63, 3.8) is 0 Å². The summed E-state index contributed by atoms with van der Waals surface area (Å²) < 4.78 is 0. The lowest BCUT2D eigenvalue weighted by Crippen LogP contribution is -2.43. The number of hydrogen-bond acceptors (Lipinski definition) is 2. The van der Waals surface area contributed by atoms with E-state index < -0.39 is 5.60 Å². The van der Waals surface area contributed by atoms with Crippen LogP contribution in [0.5, 0.6) is 0 Å². The van der Waals surface area contributed by atoms with Gasteiger partial charge in [0, 0.05) is 17.8 Å². The van der Waals surface area contributed by atoms with E-state index in [2.05, 4.69) is 24.9 Å². The summed E-state index contributed by atoms with van der Waals surface area (Å²) in [4.78, 5) is 4.60. The van der Waals surface area contributed by atoms with Crippen LogP contribution in [0.25, 0.3) is 0 Å². The summed E-state index contributed by atoms with van der Waals surface area (Å²) in [5, 5.41) is 11.1. The first-order chi connectivity index (χ1) is 9.00. The number of aryl methyl sites for hydroxylation is 1. The summed E-state index contributed by atoms with van der Waals surface area (Å²) in [6.07, 6.45) is 9.41. The first-order valence-electron chi connectivity index (χ1n) is 7.66. The summed E-state index contributed by atoms with van der Waals surface area (Å²) in [5.74, 6) is 0.258. The number of aliphatic hydroxyl groups is 1. The molecule has 0 spiro atoms. The second kappa shape index (κ2) is 4.59. The van der Waals surface area contributed by atoms with Gasteiger partial charge in [-0.05, 0) is 62.0 Å². The molecule has 2 aliphatic carbocycles. The van der Waals surface area contributed by atoms with Crippen molar-refractivity contribution in [2.24, 2.45) is 5.41 Å². The fourth-order valence-electron chi connectivity index (χ4n) is 3.84. The summed E-state index contributed by atoms with van der Waals surface area (Å²) in [7, 11) is 0. The number of rotatable bonds is 1. The van der Waals surface area contributed by atoms with Gasteiger partial charge in [0.2, 0.25) is 0 Å². The molecule has 1 N–H and O–H groups in total. The van der Waals surface area contributed by atoms with Crippen molar-refractivity contribution in [1.29, 1.82) is 0 Å². The van der Waals surface area contributed by atoms with Crippen LogP contribution in [0.1, 0.15) is 69.5 Å². The van der Waals surface area contributed by atoms with Crippen molar-refractivity contribution in [3.8, 4) is 0 Å². The fraction of sp³-hybridized carbons (Fsp3) is 0.706. The highest BCUT2D eigenvalue weighted by atomic mass is 16.3. The van der Waals surface area contributed by atoms with E-state index in [0.29, 0.717) is 5.41 Å². The van der Waals surface area contributed by atoms with Crippen LogP contribution in [0.3, 0.4) is 0 Å². The molecular formula is C17H25NO. The zero-order valence-electron chi connectivity index (χ0n) is 12.2. The van der Waals surface area contributed by atoms with Gasteiger partial charge >= 0.3 is 0 Å². The monoisotopic (exact) mass is 259 g/mol. The standard InChI is InChI=1S/C17H25NO/c1-16(2)8-10-17(19,11-9-16)14-7-3-5-13-6-4-12-18-15(13)14/h4,6,12,14,19H,3,5,7-11H2,1-2H3. The Balaban J connectivity index is 1.87. The molecular weight excluding hydrogens is 234 g/mol. The molecule has 1 aromatic rings. The van der Waals surface area contributed by atoms with Gasteiger partial charge in [-0.1, -0.05) is 19.9 Å². The van der Waals surface area contributed by atoms with Crippen molar-refractivity contribution in [3.05, 3.63) is 29.6 Å². The largest absolute Gasteiger partial charge is 0.389 e. The van der Waals surface area contributed by atoms with Gasteiger partial charge in [-0.25, -0.2) is 0 Å². The van der Waals surface area contributed by atoms with E-state index in [1.807, 2.05) is 12.3 Å². The highest BCUT2D eigenvalue weighted by Gasteiger charge is 2.44. The lowest BCUT2D eigenvalue weighted by molar-refractivity contribution is -0.0523. The van der Waals surface area contributed by atoms with Gasteiger partial charge in [-0.15, -0.1) is 0 Å². The molecule has 1 fully saturated rings. The van der Waals surface area contributed by atoms with Gasteiger partial charge in [-0.3, -0.25) is 4.98 Å². The third-order valence-electron chi connectivity index (χ3n) is 5.31. The predicted octanol–water partition coefficient (Wildman–Crippen LogP) is 3.83. The molecule has 3 rings (SSSR count). The summed E-state index contributed by atoms with van der Waals surface area (Å²) in [6, 6.07) is 4.21. The molecule has 1 aromatic heterocycles. The first-order valence-corrected chi connectivity index (χ1v) is 7.66. The van der Waals surface area contributed by atoms with Crippen LogP contribution in [0.4, 0.5) is 0 Å². The molecule has 2 nitrogen and oxygen atoms in total. The molecule has 0 amide bonds. The fourth-order valence-corrected chi connectivity index (χ4v) is 3.84. The minimum Gasteiger partial charge on any atom is -0.389 e. The van der Waals surface area contributed by atoms with Gasteiger partial charge in [0.05, 0.1) is 5.60 Å². The molecule has 104 valence electrons. The first kappa shape index (κ1) is 13.1. The topological polar surface area (TPSA) is 33.1 Å². The Labute approximate surface area is 116 Å². The molecule has 2 heteroatoms. The van der Waals surface area contributed by atoms with Crippen molar-refractivity contribution in [2.75, 3.05) is 0 Å². The van der Waals surface area contributed by atoms with E-state index in [-0.39, 0.29) is 5.92 Å². The Morgan fingerprint density at radius 1 is 1.21 bits per heavy atom. The van der Waals surface area contributed by atoms with Crippen LogP contribution in [0.15, 0.2) is 18.3 Å². The third kappa shape index (κ3) is 2.43. The SMILES string of the molecule is CC1(C)CCC(O)(C2CCCc3cccnc32)CC1. The Morgan fingerprint density at radius 3 is 2.68 bits per heavy atom. The lowest BCUT2D eigenvalue weighted by atomic mass is 9.64. The van der Waals surface area contributed by atoms with Gasteiger partial charge in [0.15, 0.2) is 0 Å². The van der Waals surface area contributed by atoms with E-state index in [1.54, 1.807) is 0 Å². The van der Waals surface area contributed by atoms with Crippen LogP contribution in [0.2, 0.25) is 0 Å². The quantitative estimate of drug-likeness (QED) is 0.831. The maximum absolute atomic E-state index is 11.1. The molecule has 1 saturated carbocycles. The lowest BCUT2D eigenvalue weighted by Gasteiger charge is -2.45. The van der Waals surface area contributed by atoms with Crippen LogP contribution >= 0.6 is 0 Å². The molecule has 0 aliphatic heterocycles. The predicted molar refractivity (Wildman–Crippen MR) is 77.1 cm³/mol. The number of aromatic nitrogens is 1. The normalized spacial score (nSPS) is 28.7. The Hall–Kier alpha value is -0.890. The number of fused-ring (bicyclic) bond motifs is 1. The number of pyridine rings is 1. The summed E-state index contributed by atoms with van der Waals surface area (Å²) >= 11 is 0. The van der Waals surface area contributed by atoms with E-state index in [4.69, 9.17) is 0 Å². The van der Waals surface area contributed by atoms with Crippen molar-refractivity contribution < 1.29 is 5.11 Å². The molecule has 2 aliphatic rings. The zero-order valence-corrected chi connectivity index (χ0v) is 12.2. The average Bonchev–Trinajstić information content (AvgIpc) is 2.42. The van der Waals surface area contributed by atoms with Crippen LogP contribution in [0, 0.1) is 5.41 Å². The van der Waals surface area contributed by atoms with Crippen molar-refractivity contribution >= 4 is 0 Å². The maximum atomic E-state index is 11.1. The van der Waals surface area contributed by atoms with Gasteiger partial charge in [0.1, 0.15) is 0 Å². The molecule has 1 atom stereocenters. The Kier molecular flexibility index (Phi) is 3.17. The highest BCUT2D eigenvalue weighted by molar-refractivity contribution is 5.29. The van der Waals surface area contributed by atoms with E-state index in [9.17, 15) is 5.11 Å². The van der Waals surface area contributed by atoms with E-state index in [1.165, 1.54) is 17.7 Å². The molecule has 1 heterocycles. The molecule has 19 heavy (non-hydrogen) atoms. The Morgan fingerprint density at radius 2 is 1.95 bits per heavy atom. The minimum absolute atomic E-state index is 0.258. The van der Waals surface area contributed by atoms with E-state index in [0.717, 1.165) is 38.5 Å². The second-order valence-electron chi connectivity index (χ2n) is 7.26. The Bertz CT molecular complexity index is 456. The number of nitrogens with zero attached hydrogens (tertiary/aromatic N) is 1. The molecule has 0 saturated heterocycles. The average molecular weight is 259 g/mol. The van der Waals surface area contributed by atoms with Crippen LogP contribution < -0.4 is 0 Å². The maximum Gasteiger partial charge on any atom is 0.0731 e. The number of hydrogen-bond donors (Lipinski definition) is 1. The smallest absolute Gasteiger partial charge is 0.0731 e. The summed E-state index contributed by atoms with van der Waals surface area (Å²) in [6.45, 7) is 4.64. The van der Waals surface area contributed by atoms with Gasteiger partial charge < -0.3 is 5.11 Å².